The molecule has 5 heteroatoms. The maximum Gasteiger partial charge on any atom is 0.245 e. The third kappa shape index (κ3) is 2.40. The van der Waals surface area contributed by atoms with Crippen molar-refractivity contribution in [3.05, 3.63) is 35.6 Å². The summed E-state index contributed by atoms with van der Waals surface area (Å²) in [5.41, 5.74) is 0.840. The van der Waals surface area contributed by atoms with Gasteiger partial charge in [-0.3, -0.25) is 9.59 Å². The van der Waals surface area contributed by atoms with E-state index < -0.39 is 6.04 Å². The molecule has 1 saturated heterocycles. The van der Waals surface area contributed by atoms with Gasteiger partial charge in [0.05, 0.1) is 0 Å². The highest BCUT2D eigenvalue weighted by Gasteiger charge is 2.46. The van der Waals surface area contributed by atoms with E-state index in [2.05, 4.69) is 5.32 Å². The zero-order valence-electron chi connectivity index (χ0n) is 11.3. The van der Waals surface area contributed by atoms with Crippen LogP contribution in [0.25, 0.3) is 0 Å². The SMILES string of the molecule is CC1NC(=O)C(C2CC2)N(Cc2ccc(F)cc2)C1=O. The van der Waals surface area contributed by atoms with E-state index in [-0.39, 0.29) is 29.6 Å². The van der Waals surface area contributed by atoms with Crippen molar-refractivity contribution in [1.29, 1.82) is 0 Å². The average Bonchev–Trinajstić information content (AvgIpc) is 3.22. The van der Waals surface area contributed by atoms with Crippen molar-refractivity contribution in [2.75, 3.05) is 0 Å². The summed E-state index contributed by atoms with van der Waals surface area (Å²) in [6.07, 6.45) is 1.97. The van der Waals surface area contributed by atoms with Crippen LogP contribution in [0, 0.1) is 11.7 Å². The van der Waals surface area contributed by atoms with Gasteiger partial charge in [-0.25, -0.2) is 4.39 Å². The van der Waals surface area contributed by atoms with Gasteiger partial charge in [0, 0.05) is 6.54 Å². The molecule has 2 unspecified atom stereocenters. The smallest absolute Gasteiger partial charge is 0.245 e. The maximum absolute atomic E-state index is 12.9. The topological polar surface area (TPSA) is 49.4 Å². The summed E-state index contributed by atoms with van der Waals surface area (Å²) < 4.78 is 12.9. The molecule has 1 heterocycles. The molecule has 2 aliphatic rings. The molecular formula is C15H17FN2O2. The Labute approximate surface area is 117 Å². The van der Waals surface area contributed by atoms with Gasteiger partial charge in [0.15, 0.2) is 0 Å². The Kier molecular flexibility index (Phi) is 3.20. The molecule has 106 valence electrons. The predicted molar refractivity (Wildman–Crippen MR) is 71.1 cm³/mol. The van der Waals surface area contributed by atoms with Crippen LogP contribution in [0.15, 0.2) is 24.3 Å². The lowest BCUT2D eigenvalue weighted by Crippen LogP contribution is -2.62. The fourth-order valence-electron chi connectivity index (χ4n) is 2.73. The van der Waals surface area contributed by atoms with Crippen molar-refractivity contribution >= 4 is 11.8 Å². The van der Waals surface area contributed by atoms with Crippen molar-refractivity contribution in [2.24, 2.45) is 5.92 Å². The van der Waals surface area contributed by atoms with Gasteiger partial charge in [0.1, 0.15) is 17.9 Å². The maximum atomic E-state index is 12.9. The first-order chi connectivity index (χ1) is 9.56. The molecule has 1 aromatic rings. The van der Waals surface area contributed by atoms with Crippen molar-refractivity contribution in [1.82, 2.24) is 10.2 Å². The lowest BCUT2D eigenvalue weighted by molar-refractivity contribution is -0.150. The van der Waals surface area contributed by atoms with E-state index in [1.165, 1.54) is 12.1 Å². The number of piperazine rings is 1. The molecule has 0 radical (unpaired) electrons. The van der Waals surface area contributed by atoms with Gasteiger partial charge in [0.25, 0.3) is 0 Å². The van der Waals surface area contributed by atoms with Crippen LogP contribution in [0.3, 0.4) is 0 Å². The average molecular weight is 276 g/mol. The number of carbonyl (C=O) groups is 2. The molecule has 1 aliphatic carbocycles. The quantitative estimate of drug-likeness (QED) is 0.908. The Morgan fingerprint density at radius 1 is 1.25 bits per heavy atom. The zero-order chi connectivity index (χ0) is 14.3. The summed E-state index contributed by atoms with van der Waals surface area (Å²) in [5, 5.41) is 2.74. The largest absolute Gasteiger partial charge is 0.343 e. The van der Waals surface area contributed by atoms with E-state index in [0.29, 0.717) is 6.54 Å². The molecule has 4 nitrogen and oxygen atoms in total. The molecule has 1 N–H and O–H groups in total. The van der Waals surface area contributed by atoms with Crippen molar-refractivity contribution in [3.63, 3.8) is 0 Å². The number of nitrogens with zero attached hydrogens (tertiary/aromatic N) is 1. The van der Waals surface area contributed by atoms with Gasteiger partial charge in [-0.15, -0.1) is 0 Å². The van der Waals surface area contributed by atoms with E-state index in [4.69, 9.17) is 0 Å². The van der Waals surface area contributed by atoms with Crippen LogP contribution in [0.1, 0.15) is 25.3 Å². The monoisotopic (exact) mass is 276 g/mol. The fourth-order valence-corrected chi connectivity index (χ4v) is 2.73. The predicted octanol–water partition coefficient (Wildman–Crippen LogP) is 1.45. The number of rotatable bonds is 3. The highest BCUT2D eigenvalue weighted by molar-refractivity contribution is 5.97. The third-order valence-corrected chi connectivity index (χ3v) is 3.95. The Morgan fingerprint density at radius 3 is 2.50 bits per heavy atom. The van der Waals surface area contributed by atoms with Crippen LogP contribution >= 0.6 is 0 Å². The van der Waals surface area contributed by atoms with E-state index in [9.17, 15) is 14.0 Å². The highest BCUT2D eigenvalue weighted by atomic mass is 19.1. The Morgan fingerprint density at radius 2 is 1.90 bits per heavy atom. The molecule has 3 rings (SSSR count). The molecule has 1 aromatic carbocycles. The molecule has 0 spiro atoms. The first-order valence-corrected chi connectivity index (χ1v) is 6.91. The van der Waals surface area contributed by atoms with Gasteiger partial charge in [-0.05, 0) is 43.4 Å². The minimum Gasteiger partial charge on any atom is -0.343 e. The molecule has 0 aromatic heterocycles. The van der Waals surface area contributed by atoms with Crippen LogP contribution in [0.2, 0.25) is 0 Å². The first kappa shape index (κ1) is 13.1. The van der Waals surface area contributed by atoms with Crippen molar-refractivity contribution < 1.29 is 14.0 Å². The second-order valence-electron chi connectivity index (χ2n) is 5.61. The second-order valence-corrected chi connectivity index (χ2v) is 5.61. The zero-order valence-corrected chi connectivity index (χ0v) is 11.3. The number of nitrogens with one attached hydrogen (secondary N) is 1. The Hall–Kier alpha value is -1.91. The summed E-state index contributed by atoms with van der Waals surface area (Å²) in [7, 11) is 0. The van der Waals surface area contributed by atoms with Crippen LogP contribution in [0.4, 0.5) is 4.39 Å². The summed E-state index contributed by atoms with van der Waals surface area (Å²) in [6.45, 7) is 2.05. The summed E-state index contributed by atoms with van der Waals surface area (Å²) in [6, 6.07) is 5.20. The molecule has 1 aliphatic heterocycles. The minimum atomic E-state index is -0.488. The molecule has 0 bridgehead atoms. The number of halogens is 1. The Bertz CT molecular complexity index is 539. The highest BCUT2D eigenvalue weighted by Crippen LogP contribution is 2.37. The minimum absolute atomic E-state index is 0.0641. The first-order valence-electron chi connectivity index (χ1n) is 6.91. The molecule has 2 atom stereocenters. The number of hydrogen-bond donors (Lipinski definition) is 1. The Balaban J connectivity index is 1.84. The standard InChI is InChI=1S/C15H17FN2O2/c1-9-15(20)18(8-10-2-6-12(16)7-3-10)13(11-4-5-11)14(19)17-9/h2-3,6-7,9,11,13H,4-5,8H2,1H3,(H,17,19). The van der Waals surface area contributed by atoms with E-state index in [1.54, 1.807) is 24.0 Å². The number of amides is 2. The lowest BCUT2D eigenvalue weighted by Gasteiger charge is -2.38. The third-order valence-electron chi connectivity index (χ3n) is 3.95. The van der Waals surface area contributed by atoms with Crippen LogP contribution in [-0.2, 0) is 16.1 Å². The molecule has 1 saturated carbocycles. The number of hydrogen-bond acceptors (Lipinski definition) is 2. The molecule has 2 fully saturated rings. The van der Waals surface area contributed by atoms with Gasteiger partial charge >= 0.3 is 0 Å². The summed E-state index contributed by atoms with van der Waals surface area (Å²) in [5.74, 6) is -0.164. The number of carbonyl (C=O) groups excluding carboxylic acids is 2. The lowest BCUT2D eigenvalue weighted by atomic mass is 10.0. The van der Waals surface area contributed by atoms with E-state index in [1.807, 2.05) is 0 Å². The van der Waals surface area contributed by atoms with Gasteiger partial charge < -0.3 is 10.2 Å². The van der Waals surface area contributed by atoms with E-state index >= 15 is 0 Å². The summed E-state index contributed by atoms with van der Waals surface area (Å²) >= 11 is 0. The van der Waals surface area contributed by atoms with Crippen LogP contribution in [0.5, 0.6) is 0 Å². The van der Waals surface area contributed by atoms with Crippen LogP contribution < -0.4 is 5.32 Å². The summed E-state index contributed by atoms with van der Waals surface area (Å²) in [4.78, 5) is 26.1. The van der Waals surface area contributed by atoms with E-state index in [0.717, 1.165) is 18.4 Å². The second kappa shape index (κ2) is 4.89. The van der Waals surface area contributed by atoms with Gasteiger partial charge in [0.2, 0.25) is 11.8 Å². The fraction of sp³-hybridized carbons (Fsp3) is 0.467. The van der Waals surface area contributed by atoms with Crippen molar-refractivity contribution in [2.45, 2.75) is 38.4 Å². The van der Waals surface area contributed by atoms with Gasteiger partial charge in [-0.2, -0.15) is 0 Å². The molecule has 2 amide bonds. The molecular weight excluding hydrogens is 259 g/mol. The number of benzene rings is 1. The molecule has 20 heavy (non-hydrogen) atoms. The van der Waals surface area contributed by atoms with Crippen molar-refractivity contribution in [3.8, 4) is 0 Å². The van der Waals surface area contributed by atoms with Gasteiger partial charge in [-0.1, -0.05) is 12.1 Å². The normalized spacial score (nSPS) is 26.6. The van der Waals surface area contributed by atoms with Crippen LogP contribution in [-0.4, -0.2) is 28.8 Å².